The van der Waals surface area contributed by atoms with Crippen molar-refractivity contribution < 1.29 is 33.9 Å². The summed E-state index contributed by atoms with van der Waals surface area (Å²) in [6.45, 7) is 0.610. The van der Waals surface area contributed by atoms with Gasteiger partial charge in [-0.15, -0.1) is 0 Å². The normalized spacial score (nSPS) is 16.9. The van der Waals surface area contributed by atoms with Crippen LogP contribution in [0, 0.1) is 0 Å². The summed E-state index contributed by atoms with van der Waals surface area (Å²) in [6, 6.07) is 30.6. The molecule has 1 saturated heterocycles. The second-order valence-corrected chi connectivity index (χ2v) is 7.32. The van der Waals surface area contributed by atoms with Crippen LogP contribution in [0.25, 0.3) is 0 Å². The molecule has 2 atom stereocenters. The zero-order valence-corrected chi connectivity index (χ0v) is 17.9. The first-order valence-electron chi connectivity index (χ1n) is 9.73. The van der Waals surface area contributed by atoms with Gasteiger partial charge in [0.25, 0.3) is 0 Å². The molecule has 5 nitrogen and oxygen atoms in total. The number of amides is 1. The molecule has 1 unspecified atom stereocenters. The summed E-state index contributed by atoms with van der Waals surface area (Å²) in [7, 11) is 1.65. The van der Waals surface area contributed by atoms with Crippen LogP contribution < -0.4 is 18.9 Å². The van der Waals surface area contributed by atoms with E-state index in [4.69, 9.17) is 0 Å². The van der Waals surface area contributed by atoms with Crippen LogP contribution in [0.1, 0.15) is 16.7 Å². The topological polar surface area (TPSA) is 73.4 Å². The zero-order valence-electron chi connectivity index (χ0n) is 17.9. The second kappa shape index (κ2) is 10.6. The summed E-state index contributed by atoms with van der Waals surface area (Å²) in [5, 5.41) is 0. The Morgan fingerprint density at radius 2 is 1.29 bits per heavy atom. The Morgan fingerprint density at radius 3 is 1.65 bits per heavy atom. The Kier molecular flexibility index (Phi) is 8.38. The second-order valence-electron chi connectivity index (χ2n) is 7.32. The maximum absolute atomic E-state index is 13.0. The SMILES string of the molecule is CN(C[C-]=O)C(=O)[C@H]1CN1C(c1ccccc1)(c1ccccc1)c1ccccc1.[Li+].[OH3+]. The van der Waals surface area contributed by atoms with Crippen molar-refractivity contribution in [3.63, 3.8) is 0 Å². The van der Waals surface area contributed by atoms with E-state index in [2.05, 4.69) is 41.3 Å². The number of carbonyl (C=O) groups excluding carboxylic acids is 2. The number of carbonyl (C=O) groups is 1. The molecule has 1 fully saturated rings. The van der Waals surface area contributed by atoms with E-state index in [1.165, 1.54) is 4.90 Å². The van der Waals surface area contributed by atoms with Crippen LogP contribution in [-0.4, -0.2) is 48.2 Å². The van der Waals surface area contributed by atoms with Crippen LogP contribution >= 0.6 is 0 Å². The molecule has 0 radical (unpaired) electrons. The predicted molar refractivity (Wildman–Crippen MR) is 118 cm³/mol. The first-order chi connectivity index (χ1) is 14.2. The molecule has 1 aliphatic heterocycles. The molecule has 31 heavy (non-hydrogen) atoms. The van der Waals surface area contributed by atoms with E-state index in [-0.39, 0.29) is 42.8 Å². The Hall–Kier alpha value is -2.68. The number of likely N-dealkylation sites (N-methyl/N-ethyl adjacent to an activating group) is 1. The monoisotopic (exact) mass is 409 g/mol. The van der Waals surface area contributed by atoms with Gasteiger partial charge in [-0.05, 0) is 16.7 Å². The van der Waals surface area contributed by atoms with Crippen molar-refractivity contribution in [3.8, 4) is 0 Å². The number of rotatable bonds is 7. The molecular formula is C25H26LiN2O3+. The van der Waals surface area contributed by atoms with Gasteiger partial charge in [-0.1, -0.05) is 97.5 Å². The van der Waals surface area contributed by atoms with Crippen LogP contribution in [0.4, 0.5) is 0 Å². The summed E-state index contributed by atoms with van der Waals surface area (Å²) in [5.74, 6) is -0.0551. The average Bonchev–Trinajstić information content (AvgIpc) is 3.57. The molecule has 154 valence electrons. The largest absolute Gasteiger partial charge is 1.00 e. The molecule has 0 spiro atoms. The van der Waals surface area contributed by atoms with Gasteiger partial charge in [0, 0.05) is 13.6 Å². The molecular weight excluding hydrogens is 383 g/mol. The van der Waals surface area contributed by atoms with Gasteiger partial charge in [-0.25, -0.2) is 6.29 Å². The van der Waals surface area contributed by atoms with Crippen molar-refractivity contribution in [2.75, 3.05) is 20.1 Å². The Balaban J connectivity index is 0.00000171. The van der Waals surface area contributed by atoms with E-state index in [1.807, 2.05) is 60.9 Å². The molecule has 3 N–H and O–H groups in total. The van der Waals surface area contributed by atoms with Gasteiger partial charge in [0.2, 0.25) is 5.91 Å². The minimum absolute atomic E-state index is 0. The van der Waals surface area contributed by atoms with Crippen LogP contribution in [0.3, 0.4) is 0 Å². The minimum atomic E-state index is -0.587. The summed E-state index contributed by atoms with van der Waals surface area (Å²) < 4.78 is 0. The van der Waals surface area contributed by atoms with E-state index >= 15 is 0 Å². The van der Waals surface area contributed by atoms with Crippen LogP contribution in [0.15, 0.2) is 91.0 Å². The third kappa shape index (κ3) is 4.51. The standard InChI is InChI=1S/C25H23N2O2.Li.H2O/c1-26(17-18-28)24(29)23-19-27(23)25(20-11-5-2-6-12-20,21-13-7-3-8-14-21)22-15-9-4-10-16-22;;/h2-16,23H,17,19H2,1H3;;1H2/q-1;+1;/p+1/t23-,27?;;/m1../s1. The van der Waals surface area contributed by atoms with Crippen molar-refractivity contribution in [2.45, 2.75) is 11.6 Å². The maximum Gasteiger partial charge on any atom is 1.00 e. The van der Waals surface area contributed by atoms with Gasteiger partial charge in [0.15, 0.2) is 0 Å². The Bertz CT molecular complexity index is 887. The number of nitrogens with zero attached hydrogens (tertiary/aromatic N) is 2. The number of hydrogen-bond acceptors (Lipinski definition) is 3. The van der Waals surface area contributed by atoms with Gasteiger partial charge in [-0.2, -0.15) is 0 Å². The van der Waals surface area contributed by atoms with Crippen LogP contribution in [0.5, 0.6) is 0 Å². The van der Waals surface area contributed by atoms with Gasteiger partial charge in [0.1, 0.15) is 6.04 Å². The molecule has 0 aliphatic carbocycles. The van der Waals surface area contributed by atoms with Gasteiger partial charge >= 0.3 is 18.9 Å². The first kappa shape index (κ1) is 24.6. The third-order valence-electron chi connectivity index (χ3n) is 5.58. The summed E-state index contributed by atoms with van der Waals surface area (Å²) in [4.78, 5) is 27.4. The molecule has 3 aromatic carbocycles. The van der Waals surface area contributed by atoms with Crippen molar-refractivity contribution in [1.82, 2.24) is 9.80 Å². The molecule has 3 aromatic rings. The van der Waals surface area contributed by atoms with E-state index in [0.29, 0.717) is 6.54 Å². The Morgan fingerprint density at radius 1 is 0.903 bits per heavy atom. The fourth-order valence-corrected chi connectivity index (χ4v) is 4.19. The average molecular weight is 409 g/mol. The zero-order chi connectivity index (χ0) is 20.3. The van der Waals surface area contributed by atoms with E-state index in [0.717, 1.165) is 16.7 Å². The number of benzene rings is 3. The summed E-state index contributed by atoms with van der Waals surface area (Å²) >= 11 is 0. The minimum Gasteiger partial charge on any atom is -0.540 e. The van der Waals surface area contributed by atoms with Crippen molar-refractivity contribution in [1.29, 1.82) is 0 Å². The fraction of sp³-hybridized carbons (Fsp3) is 0.200. The molecule has 1 amide bonds. The predicted octanol–water partition coefficient (Wildman–Crippen LogP) is -0.687. The molecule has 0 saturated carbocycles. The van der Waals surface area contributed by atoms with Crippen LogP contribution in [0.2, 0.25) is 0 Å². The van der Waals surface area contributed by atoms with Crippen LogP contribution in [-0.2, 0) is 20.6 Å². The van der Waals surface area contributed by atoms with Crippen molar-refractivity contribution >= 4 is 12.2 Å². The van der Waals surface area contributed by atoms with Gasteiger partial charge < -0.3 is 15.2 Å². The Labute approximate surface area is 195 Å². The molecule has 1 heterocycles. The fourth-order valence-electron chi connectivity index (χ4n) is 4.19. The molecule has 0 bridgehead atoms. The molecule has 1 aliphatic rings. The number of hydrogen-bond donors (Lipinski definition) is 0. The molecule has 0 aromatic heterocycles. The quantitative estimate of drug-likeness (QED) is 0.171. The third-order valence-corrected chi connectivity index (χ3v) is 5.58. The first-order valence-corrected chi connectivity index (χ1v) is 9.73. The van der Waals surface area contributed by atoms with Gasteiger partial charge in [0.05, 0.1) is 5.54 Å². The van der Waals surface area contributed by atoms with Gasteiger partial charge in [-0.3, -0.25) is 9.69 Å². The molecule has 6 heteroatoms. The van der Waals surface area contributed by atoms with Crippen molar-refractivity contribution in [2.24, 2.45) is 0 Å². The molecule has 4 rings (SSSR count). The van der Waals surface area contributed by atoms with E-state index in [9.17, 15) is 9.59 Å². The smallest absolute Gasteiger partial charge is 0.540 e. The summed E-state index contributed by atoms with van der Waals surface area (Å²) in [6.07, 6.45) is 1.82. The maximum atomic E-state index is 13.0. The summed E-state index contributed by atoms with van der Waals surface area (Å²) in [5.41, 5.74) is 2.74. The van der Waals surface area contributed by atoms with E-state index < -0.39 is 5.54 Å². The van der Waals surface area contributed by atoms with Crippen molar-refractivity contribution in [3.05, 3.63) is 108 Å². The van der Waals surface area contributed by atoms with E-state index in [1.54, 1.807) is 7.05 Å².